The molecule has 0 bridgehead atoms. The molecule has 2 N–H and O–H groups in total. The lowest BCUT2D eigenvalue weighted by Crippen LogP contribution is -2.33. The number of aromatic nitrogens is 2. The summed E-state index contributed by atoms with van der Waals surface area (Å²) in [7, 11) is -3.07. The zero-order valence-corrected chi connectivity index (χ0v) is 11.6. The largest absolute Gasteiger partial charge is 0.320 e. The van der Waals surface area contributed by atoms with E-state index in [1.807, 2.05) is 13.8 Å². The number of nitrogens with zero attached hydrogens (tertiary/aromatic N) is 2. The first-order valence-electron chi connectivity index (χ1n) is 6.18. The van der Waals surface area contributed by atoms with Crippen LogP contribution in [0.3, 0.4) is 0 Å². The summed E-state index contributed by atoms with van der Waals surface area (Å²) in [4.78, 5) is 8.33. The highest BCUT2D eigenvalue weighted by Crippen LogP contribution is 2.30. The Morgan fingerprint density at radius 1 is 1.50 bits per heavy atom. The Hall–Kier alpha value is -1.01. The lowest BCUT2D eigenvalue weighted by Gasteiger charge is -2.22. The van der Waals surface area contributed by atoms with Crippen LogP contribution in [0.15, 0.2) is 12.3 Å². The van der Waals surface area contributed by atoms with Crippen molar-refractivity contribution in [2.45, 2.75) is 49.7 Å². The summed E-state index contributed by atoms with van der Waals surface area (Å²) >= 11 is 0. The van der Waals surface area contributed by atoms with E-state index in [1.165, 1.54) is 0 Å². The molecule has 1 atom stereocenters. The second-order valence-corrected chi connectivity index (χ2v) is 7.42. The van der Waals surface area contributed by atoms with Crippen LogP contribution in [0, 0.1) is 0 Å². The number of nitrogens with two attached hydrogens (primary N) is 1. The minimum atomic E-state index is -3.07. The van der Waals surface area contributed by atoms with Crippen LogP contribution in [0.2, 0.25) is 0 Å². The molecule has 2 rings (SSSR count). The standard InChI is InChI=1S/C12H19N3O2S/c1-3-12(2,13)10-6-7-14-11(15-10)8-18(16,17)9-4-5-9/h6-7,9H,3-5,8,13H2,1-2H3. The molecule has 1 saturated carbocycles. The molecule has 100 valence electrons. The fourth-order valence-corrected chi connectivity index (χ4v) is 3.28. The number of hydrogen-bond donors (Lipinski definition) is 1. The van der Waals surface area contributed by atoms with Gasteiger partial charge in [-0.05, 0) is 32.3 Å². The van der Waals surface area contributed by atoms with Crippen molar-refractivity contribution in [1.82, 2.24) is 9.97 Å². The summed E-state index contributed by atoms with van der Waals surface area (Å²) in [5.41, 5.74) is 6.26. The quantitative estimate of drug-likeness (QED) is 0.866. The van der Waals surface area contributed by atoms with Crippen LogP contribution in [-0.2, 0) is 21.1 Å². The first-order valence-corrected chi connectivity index (χ1v) is 7.89. The lowest BCUT2D eigenvalue weighted by molar-refractivity contribution is 0.459. The Bertz CT molecular complexity index is 536. The molecule has 0 aromatic carbocycles. The van der Waals surface area contributed by atoms with Gasteiger partial charge in [0, 0.05) is 6.20 Å². The number of rotatable bonds is 5. The van der Waals surface area contributed by atoms with Crippen molar-refractivity contribution in [1.29, 1.82) is 0 Å². The molecule has 5 nitrogen and oxygen atoms in total. The van der Waals surface area contributed by atoms with Gasteiger partial charge < -0.3 is 5.73 Å². The maximum atomic E-state index is 11.9. The molecule has 0 radical (unpaired) electrons. The van der Waals surface area contributed by atoms with Crippen LogP contribution in [0.5, 0.6) is 0 Å². The molecule has 6 heteroatoms. The summed E-state index contributed by atoms with van der Waals surface area (Å²) in [5.74, 6) is 0.273. The maximum absolute atomic E-state index is 11.9. The number of sulfone groups is 1. The molecule has 0 aliphatic heterocycles. The van der Waals surface area contributed by atoms with Gasteiger partial charge in [-0.15, -0.1) is 0 Å². The van der Waals surface area contributed by atoms with Gasteiger partial charge in [-0.2, -0.15) is 0 Å². The Morgan fingerprint density at radius 2 is 2.17 bits per heavy atom. The van der Waals surface area contributed by atoms with Gasteiger partial charge in [0.05, 0.1) is 16.5 Å². The fourth-order valence-electron chi connectivity index (χ4n) is 1.69. The highest BCUT2D eigenvalue weighted by Gasteiger charge is 2.36. The topological polar surface area (TPSA) is 85.9 Å². The maximum Gasteiger partial charge on any atom is 0.160 e. The van der Waals surface area contributed by atoms with E-state index in [9.17, 15) is 8.42 Å². The minimum absolute atomic E-state index is 0.0781. The first-order chi connectivity index (χ1) is 8.35. The van der Waals surface area contributed by atoms with E-state index in [0.717, 1.165) is 19.3 Å². The van der Waals surface area contributed by atoms with Crippen molar-refractivity contribution in [3.63, 3.8) is 0 Å². The molecule has 0 spiro atoms. The third kappa shape index (κ3) is 2.87. The molecule has 1 aromatic heterocycles. The average Bonchev–Trinajstić information content (AvgIpc) is 3.13. The second-order valence-electron chi connectivity index (χ2n) is 5.14. The Morgan fingerprint density at radius 3 is 2.72 bits per heavy atom. The average molecular weight is 269 g/mol. The molecule has 1 aliphatic rings. The van der Waals surface area contributed by atoms with Gasteiger partial charge >= 0.3 is 0 Å². The zero-order chi connectivity index (χ0) is 13.4. The van der Waals surface area contributed by atoms with E-state index >= 15 is 0 Å². The van der Waals surface area contributed by atoms with Gasteiger partial charge in [0.15, 0.2) is 9.84 Å². The molecular formula is C12H19N3O2S. The molecule has 1 aromatic rings. The SMILES string of the molecule is CCC(C)(N)c1ccnc(CS(=O)(=O)C2CC2)n1. The smallest absolute Gasteiger partial charge is 0.160 e. The monoisotopic (exact) mass is 269 g/mol. The van der Waals surface area contributed by atoms with E-state index in [1.54, 1.807) is 12.3 Å². The highest BCUT2D eigenvalue weighted by atomic mass is 32.2. The zero-order valence-electron chi connectivity index (χ0n) is 10.8. The van der Waals surface area contributed by atoms with Crippen LogP contribution >= 0.6 is 0 Å². The highest BCUT2D eigenvalue weighted by molar-refractivity contribution is 7.91. The van der Waals surface area contributed by atoms with E-state index in [0.29, 0.717) is 11.5 Å². The third-order valence-electron chi connectivity index (χ3n) is 3.39. The first kappa shape index (κ1) is 13.4. The van der Waals surface area contributed by atoms with Gasteiger partial charge in [0.2, 0.25) is 0 Å². The third-order valence-corrected chi connectivity index (χ3v) is 5.54. The molecular weight excluding hydrogens is 250 g/mol. The van der Waals surface area contributed by atoms with E-state index < -0.39 is 15.4 Å². The Balaban J connectivity index is 2.22. The predicted octanol–water partition coefficient (Wildman–Crippen LogP) is 1.14. The summed E-state index contributed by atoms with van der Waals surface area (Å²) in [6.07, 6.45) is 3.86. The van der Waals surface area contributed by atoms with Crippen LogP contribution in [-0.4, -0.2) is 23.6 Å². The molecule has 1 aliphatic carbocycles. The van der Waals surface area contributed by atoms with Gasteiger partial charge in [0.25, 0.3) is 0 Å². The van der Waals surface area contributed by atoms with Crippen molar-refractivity contribution < 1.29 is 8.42 Å². The van der Waals surface area contributed by atoms with Crippen LogP contribution in [0.1, 0.15) is 44.6 Å². The van der Waals surface area contributed by atoms with E-state index in [4.69, 9.17) is 5.73 Å². The minimum Gasteiger partial charge on any atom is -0.320 e. The summed E-state index contributed by atoms with van der Waals surface area (Å²) in [6, 6.07) is 1.75. The van der Waals surface area contributed by atoms with Crippen molar-refractivity contribution in [3.8, 4) is 0 Å². The van der Waals surface area contributed by atoms with Crippen molar-refractivity contribution in [2.24, 2.45) is 5.73 Å². The molecule has 1 unspecified atom stereocenters. The lowest BCUT2D eigenvalue weighted by atomic mass is 9.96. The Labute approximate surface area is 108 Å². The fraction of sp³-hybridized carbons (Fsp3) is 0.667. The summed E-state index contributed by atoms with van der Waals surface area (Å²) in [6.45, 7) is 3.86. The van der Waals surface area contributed by atoms with Gasteiger partial charge in [0.1, 0.15) is 11.6 Å². The van der Waals surface area contributed by atoms with E-state index in [-0.39, 0.29) is 11.0 Å². The van der Waals surface area contributed by atoms with Gasteiger partial charge in [-0.1, -0.05) is 6.92 Å². The summed E-state index contributed by atoms with van der Waals surface area (Å²) in [5, 5.41) is -0.180. The number of hydrogen-bond acceptors (Lipinski definition) is 5. The molecule has 1 heterocycles. The predicted molar refractivity (Wildman–Crippen MR) is 69.5 cm³/mol. The van der Waals surface area contributed by atoms with Gasteiger partial charge in [-0.3, -0.25) is 0 Å². The molecule has 0 saturated heterocycles. The molecule has 18 heavy (non-hydrogen) atoms. The summed E-state index contributed by atoms with van der Waals surface area (Å²) < 4.78 is 23.8. The van der Waals surface area contributed by atoms with Crippen molar-refractivity contribution >= 4 is 9.84 Å². The van der Waals surface area contributed by atoms with Crippen LogP contribution in [0.25, 0.3) is 0 Å². The van der Waals surface area contributed by atoms with Crippen molar-refractivity contribution in [3.05, 3.63) is 23.8 Å². The normalized spacial score (nSPS) is 19.5. The van der Waals surface area contributed by atoms with Gasteiger partial charge in [-0.25, -0.2) is 18.4 Å². The van der Waals surface area contributed by atoms with Crippen molar-refractivity contribution in [2.75, 3.05) is 0 Å². The Kier molecular flexibility index (Phi) is 3.42. The molecule has 1 fully saturated rings. The van der Waals surface area contributed by atoms with Crippen LogP contribution in [0.4, 0.5) is 0 Å². The van der Waals surface area contributed by atoms with Crippen LogP contribution < -0.4 is 5.73 Å². The van der Waals surface area contributed by atoms with E-state index in [2.05, 4.69) is 9.97 Å². The second kappa shape index (κ2) is 4.59. The molecule has 0 amide bonds.